The van der Waals surface area contributed by atoms with Crippen molar-refractivity contribution in [2.24, 2.45) is 5.92 Å². The van der Waals surface area contributed by atoms with Crippen LogP contribution in [0.25, 0.3) is 5.65 Å². The van der Waals surface area contributed by atoms with E-state index in [1.165, 1.54) is 4.88 Å². The van der Waals surface area contributed by atoms with Crippen molar-refractivity contribution in [1.29, 1.82) is 0 Å². The number of thiophene rings is 1. The number of fused-ring (bicyclic) bond motifs is 1. The predicted octanol–water partition coefficient (Wildman–Crippen LogP) is 3.03. The largest absolute Gasteiger partial charge is 0.338 e. The number of hydrogen-bond acceptors (Lipinski definition) is 4. The average molecular weight is 343 g/mol. The molecule has 2 amide bonds. The topological polar surface area (TPSA) is 71.3 Å². The molecule has 0 fully saturated rings. The molecule has 2 atom stereocenters. The van der Waals surface area contributed by atoms with Crippen LogP contribution >= 0.6 is 11.3 Å². The van der Waals surface area contributed by atoms with Crippen LogP contribution in [-0.2, 0) is 6.42 Å². The molecule has 24 heavy (non-hydrogen) atoms. The van der Waals surface area contributed by atoms with Crippen molar-refractivity contribution in [3.05, 3.63) is 52.6 Å². The molecule has 0 bridgehead atoms. The van der Waals surface area contributed by atoms with Gasteiger partial charge in [-0.1, -0.05) is 19.1 Å². The summed E-state index contributed by atoms with van der Waals surface area (Å²) >= 11 is 1.75. The van der Waals surface area contributed by atoms with E-state index in [-0.39, 0.29) is 12.1 Å². The lowest BCUT2D eigenvalue weighted by molar-refractivity contribution is 0.235. The van der Waals surface area contributed by atoms with Gasteiger partial charge in [0.05, 0.1) is 6.04 Å². The molecule has 3 rings (SSSR count). The number of carbonyl (C=O) groups excluding carboxylic acids is 1. The molecular weight excluding hydrogens is 322 g/mol. The first-order valence-corrected chi connectivity index (χ1v) is 8.88. The number of hydrogen-bond donors (Lipinski definition) is 2. The van der Waals surface area contributed by atoms with E-state index >= 15 is 0 Å². The third-order valence-electron chi connectivity index (χ3n) is 3.82. The van der Waals surface area contributed by atoms with Crippen LogP contribution < -0.4 is 10.6 Å². The first-order chi connectivity index (χ1) is 11.6. The molecule has 0 spiro atoms. The summed E-state index contributed by atoms with van der Waals surface area (Å²) < 4.78 is 1.88. The van der Waals surface area contributed by atoms with E-state index in [4.69, 9.17) is 0 Å². The van der Waals surface area contributed by atoms with Crippen LogP contribution in [0, 0.1) is 5.92 Å². The number of amides is 2. The molecule has 0 aliphatic heterocycles. The minimum Gasteiger partial charge on any atom is -0.338 e. The van der Waals surface area contributed by atoms with Gasteiger partial charge in [0.25, 0.3) is 0 Å². The SMILES string of the molecule is C[C@@H](CNC(=O)N[C@@H](C)c1nnc2ccccn12)Cc1cccs1. The summed E-state index contributed by atoms with van der Waals surface area (Å²) in [7, 11) is 0. The van der Waals surface area contributed by atoms with E-state index in [1.54, 1.807) is 11.3 Å². The normalized spacial score (nSPS) is 13.6. The molecule has 0 aliphatic rings. The zero-order valence-corrected chi connectivity index (χ0v) is 14.6. The molecule has 3 heterocycles. The van der Waals surface area contributed by atoms with Crippen molar-refractivity contribution in [2.75, 3.05) is 6.54 Å². The molecule has 0 radical (unpaired) electrons. The fraction of sp³-hybridized carbons (Fsp3) is 0.353. The Labute approximate surface area is 144 Å². The van der Waals surface area contributed by atoms with Crippen LogP contribution in [0.1, 0.15) is 30.6 Å². The van der Waals surface area contributed by atoms with Gasteiger partial charge in [-0.3, -0.25) is 4.40 Å². The van der Waals surface area contributed by atoms with Crippen molar-refractivity contribution in [2.45, 2.75) is 26.3 Å². The van der Waals surface area contributed by atoms with Gasteiger partial charge in [0.1, 0.15) is 0 Å². The summed E-state index contributed by atoms with van der Waals surface area (Å²) in [4.78, 5) is 13.5. The van der Waals surface area contributed by atoms with Gasteiger partial charge in [0, 0.05) is 17.6 Å². The summed E-state index contributed by atoms with van der Waals surface area (Å²) in [5.74, 6) is 1.10. The molecule has 0 aromatic carbocycles. The van der Waals surface area contributed by atoms with E-state index < -0.39 is 0 Å². The average Bonchev–Trinajstić information content (AvgIpc) is 3.22. The highest BCUT2D eigenvalue weighted by Gasteiger charge is 2.16. The minimum absolute atomic E-state index is 0.187. The van der Waals surface area contributed by atoms with Crippen LogP contribution in [0.15, 0.2) is 41.9 Å². The van der Waals surface area contributed by atoms with E-state index in [9.17, 15) is 4.79 Å². The fourth-order valence-corrected chi connectivity index (χ4v) is 3.45. The molecule has 126 valence electrons. The molecule has 2 N–H and O–H groups in total. The summed E-state index contributed by atoms with van der Waals surface area (Å²) in [5, 5.41) is 16.2. The number of nitrogens with one attached hydrogen (secondary N) is 2. The molecular formula is C17H21N5OS. The lowest BCUT2D eigenvalue weighted by Gasteiger charge is -2.15. The quantitative estimate of drug-likeness (QED) is 0.723. The molecule has 7 heteroatoms. The van der Waals surface area contributed by atoms with Crippen molar-refractivity contribution in [3.8, 4) is 0 Å². The maximum Gasteiger partial charge on any atom is 0.315 e. The van der Waals surface area contributed by atoms with Crippen molar-refractivity contribution < 1.29 is 4.79 Å². The lowest BCUT2D eigenvalue weighted by Crippen LogP contribution is -2.39. The van der Waals surface area contributed by atoms with Crippen LogP contribution in [-0.4, -0.2) is 27.2 Å². The van der Waals surface area contributed by atoms with Crippen LogP contribution in [0.3, 0.4) is 0 Å². The van der Waals surface area contributed by atoms with Gasteiger partial charge in [-0.2, -0.15) is 0 Å². The monoisotopic (exact) mass is 343 g/mol. The molecule has 0 unspecified atom stereocenters. The van der Waals surface area contributed by atoms with E-state index in [1.807, 2.05) is 35.7 Å². The fourth-order valence-electron chi connectivity index (χ4n) is 2.58. The Morgan fingerprint density at radius 1 is 1.25 bits per heavy atom. The first kappa shape index (κ1) is 16.4. The van der Waals surface area contributed by atoms with Crippen LogP contribution in [0.5, 0.6) is 0 Å². The van der Waals surface area contributed by atoms with Gasteiger partial charge < -0.3 is 10.6 Å². The number of pyridine rings is 1. The third kappa shape index (κ3) is 3.91. The third-order valence-corrected chi connectivity index (χ3v) is 4.71. The van der Waals surface area contributed by atoms with Gasteiger partial charge in [0.2, 0.25) is 0 Å². The van der Waals surface area contributed by atoms with Crippen molar-refractivity contribution in [3.63, 3.8) is 0 Å². The summed E-state index contributed by atoms with van der Waals surface area (Å²) in [6.07, 6.45) is 2.87. The maximum atomic E-state index is 12.1. The van der Waals surface area contributed by atoms with Gasteiger partial charge in [-0.15, -0.1) is 21.5 Å². The molecule has 6 nitrogen and oxygen atoms in total. The maximum absolute atomic E-state index is 12.1. The van der Waals surface area contributed by atoms with Crippen molar-refractivity contribution in [1.82, 2.24) is 25.2 Å². The van der Waals surface area contributed by atoms with E-state index in [0.29, 0.717) is 18.3 Å². The lowest BCUT2D eigenvalue weighted by atomic mass is 10.1. The molecule has 0 aliphatic carbocycles. The molecule has 3 aromatic heterocycles. The molecule has 0 saturated carbocycles. The first-order valence-electron chi connectivity index (χ1n) is 8.00. The highest BCUT2D eigenvalue weighted by molar-refractivity contribution is 7.09. The number of nitrogens with zero attached hydrogens (tertiary/aromatic N) is 3. The Bertz CT molecular complexity index is 798. The Balaban J connectivity index is 1.51. The zero-order chi connectivity index (χ0) is 16.9. The number of aromatic nitrogens is 3. The summed E-state index contributed by atoms with van der Waals surface area (Å²) in [6, 6.07) is 9.47. The van der Waals surface area contributed by atoms with Gasteiger partial charge in [-0.05, 0) is 42.8 Å². The number of rotatable bonds is 6. The Morgan fingerprint density at radius 2 is 2.12 bits per heavy atom. The minimum atomic E-state index is -0.227. The second-order valence-electron chi connectivity index (χ2n) is 5.95. The number of urea groups is 1. The Morgan fingerprint density at radius 3 is 2.92 bits per heavy atom. The van der Waals surface area contributed by atoms with Crippen LogP contribution in [0.4, 0.5) is 4.79 Å². The Kier molecular flexibility index (Phi) is 5.10. The zero-order valence-electron chi connectivity index (χ0n) is 13.8. The standard InChI is InChI=1S/C17H21N5OS/c1-12(10-14-6-5-9-24-14)11-18-17(23)19-13(2)16-21-20-15-7-3-4-8-22(15)16/h3-9,12-13H,10-11H2,1-2H3,(H2,18,19,23)/t12-,13+/m1/s1. The predicted molar refractivity (Wildman–Crippen MR) is 95.1 cm³/mol. The van der Waals surface area contributed by atoms with E-state index in [0.717, 1.165) is 12.1 Å². The van der Waals surface area contributed by atoms with Gasteiger partial charge in [-0.25, -0.2) is 4.79 Å². The summed E-state index contributed by atoms with van der Waals surface area (Å²) in [5.41, 5.74) is 0.770. The number of carbonyl (C=O) groups is 1. The van der Waals surface area contributed by atoms with Gasteiger partial charge >= 0.3 is 6.03 Å². The van der Waals surface area contributed by atoms with E-state index in [2.05, 4.69) is 45.3 Å². The molecule has 3 aromatic rings. The van der Waals surface area contributed by atoms with Crippen molar-refractivity contribution >= 4 is 23.0 Å². The smallest absolute Gasteiger partial charge is 0.315 e. The molecule has 0 saturated heterocycles. The Hall–Kier alpha value is -2.41. The summed E-state index contributed by atoms with van der Waals surface area (Å²) in [6.45, 7) is 4.67. The highest BCUT2D eigenvalue weighted by Crippen LogP contribution is 2.14. The van der Waals surface area contributed by atoms with Gasteiger partial charge in [0.15, 0.2) is 11.5 Å². The van der Waals surface area contributed by atoms with Crippen LogP contribution in [0.2, 0.25) is 0 Å². The highest BCUT2D eigenvalue weighted by atomic mass is 32.1. The second-order valence-corrected chi connectivity index (χ2v) is 6.98. The second kappa shape index (κ2) is 7.44.